The summed E-state index contributed by atoms with van der Waals surface area (Å²) in [5.41, 5.74) is 4.02. The number of carbonyl (C=O) groups is 2. The summed E-state index contributed by atoms with van der Waals surface area (Å²) in [6, 6.07) is 13.4. The summed E-state index contributed by atoms with van der Waals surface area (Å²) in [4.78, 5) is 26.1. The van der Waals surface area contributed by atoms with Crippen molar-refractivity contribution in [1.29, 1.82) is 0 Å². The molecule has 2 aromatic rings. The van der Waals surface area contributed by atoms with Crippen molar-refractivity contribution >= 4 is 29.1 Å². The number of nitrogens with one attached hydrogen (secondary N) is 1. The van der Waals surface area contributed by atoms with Crippen molar-refractivity contribution in [3.63, 3.8) is 0 Å². The van der Waals surface area contributed by atoms with E-state index >= 15 is 0 Å². The summed E-state index contributed by atoms with van der Waals surface area (Å²) >= 11 is 5.90. The third-order valence-electron chi connectivity index (χ3n) is 4.53. The average molecular weight is 387 g/mol. The lowest BCUT2D eigenvalue weighted by atomic mass is 9.98. The molecule has 0 atom stereocenters. The Morgan fingerprint density at radius 1 is 1.11 bits per heavy atom. The summed E-state index contributed by atoms with van der Waals surface area (Å²) in [6.07, 6.45) is 0.249. The Kier molecular flexibility index (Phi) is 7.43. The highest BCUT2D eigenvalue weighted by molar-refractivity contribution is 6.30. The zero-order valence-corrected chi connectivity index (χ0v) is 17.1. The second kappa shape index (κ2) is 9.56. The first-order chi connectivity index (χ1) is 12.8. The molecule has 2 aromatic carbocycles. The van der Waals surface area contributed by atoms with Gasteiger partial charge in [-0.3, -0.25) is 9.59 Å². The van der Waals surface area contributed by atoms with E-state index < -0.39 is 0 Å². The number of aryl methyl sites for hydroxylation is 1. The fourth-order valence-corrected chi connectivity index (χ4v) is 3.06. The van der Waals surface area contributed by atoms with Gasteiger partial charge in [0.25, 0.3) is 0 Å². The average Bonchev–Trinajstić information content (AvgIpc) is 2.61. The summed E-state index contributed by atoms with van der Waals surface area (Å²) in [6.45, 7) is 8.55. The monoisotopic (exact) mass is 386 g/mol. The van der Waals surface area contributed by atoms with E-state index in [1.54, 1.807) is 17.0 Å². The number of para-hydroxylation sites is 1. The number of benzene rings is 2. The third-order valence-corrected chi connectivity index (χ3v) is 4.78. The quantitative estimate of drug-likeness (QED) is 0.715. The minimum absolute atomic E-state index is 0.0588. The SMILES string of the molecule is CC(=O)N(CCC(=O)Nc1c(C)cccc1C(C)C)Cc1ccc(Cl)cc1. The van der Waals surface area contributed by atoms with Crippen molar-refractivity contribution < 1.29 is 9.59 Å². The van der Waals surface area contributed by atoms with Crippen LogP contribution in [0.4, 0.5) is 5.69 Å². The van der Waals surface area contributed by atoms with Crippen LogP contribution in [0.1, 0.15) is 49.8 Å². The van der Waals surface area contributed by atoms with Crippen molar-refractivity contribution in [3.8, 4) is 0 Å². The van der Waals surface area contributed by atoms with Gasteiger partial charge in [0.15, 0.2) is 0 Å². The molecule has 0 fully saturated rings. The lowest BCUT2D eigenvalue weighted by Gasteiger charge is -2.22. The molecule has 0 bridgehead atoms. The first kappa shape index (κ1) is 21.0. The fourth-order valence-electron chi connectivity index (χ4n) is 2.94. The van der Waals surface area contributed by atoms with E-state index in [1.165, 1.54) is 6.92 Å². The molecule has 2 amide bonds. The van der Waals surface area contributed by atoms with Crippen molar-refractivity contribution in [2.75, 3.05) is 11.9 Å². The van der Waals surface area contributed by atoms with E-state index in [1.807, 2.05) is 37.3 Å². The first-order valence-electron chi connectivity index (χ1n) is 9.17. The predicted molar refractivity (Wildman–Crippen MR) is 111 cm³/mol. The van der Waals surface area contributed by atoms with Crippen LogP contribution in [0.3, 0.4) is 0 Å². The van der Waals surface area contributed by atoms with E-state index in [-0.39, 0.29) is 18.2 Å². The van der Waals surface area contributed by atoms with Crippen LogP contribution in [0.15, 0.2) is 42.5 Å². The lowest BCUT2D eigenvalue weighted by molar-refractivity contribution is -0.129. The van der Waals surface area contributed by atoms with Gasteiger partial charge < -0.3 is 10.2 Å². The highest BCUT2D eigenvalue weighted by Gasteiger charge is 2.15. The number of hydrogen-bond donors (Lipinski definition) is 1. The molecule has 0 aliphatic rings. The zero-order valence-electron chi connectivity index (χ0n) is 16.4. The number of hydrogen-bond acceptors (Lipinski definition) is 2. The van der Waals surface area contributed by atoms with Crippen LogP contribution in [-0.2, 0) is 16.1 Å². The topological polar surface area (TPSA) is 49.4 Å². The largest absolute Gasteiger partial charge is 0.338 e. The number of amides is 2. The van der Waals surface area contributed by atoms with Gasteiger partial charge in [0.2, 0.25) is 11.8 Å². The van der Waals surface area contributed by atoms with E-state index in [2.05, 4.69) is 19.2 Å². The number of anilines is 1. The highest BCUT2D eigenvalue weighted by Crippen LogP contribution is 2.27. The standard InChI is InChI=1S/C22H27ClN2O2/c1-15(2)20-7-5-6-16(3)22(20)24-21(27)12-13-25(17(4)26)14-18-8-10-19(23)11-9-18/h5-11,15H,12-14H2,1-4H3,(H,24,27). The Labute approximate surface area is 166 Å². The minimum atomic E-state index is -0.0893. The molecule has 2 rings (SSSR count). The van der Waals surface area contributed by atoms with Crippen LogP contribution in [0.2, 0.25) is 5.02 Å². The molecule has 144 valence electrons. The van der Waals surface area contributed by atoms with Gasteiger partial charge >= 0.3 is 0 Å². The smallest absolute Gasteiger partial charge is 0.226 e. The fraction of sp³-hybridized carbons (Fsp3) is 0.364. The molecule has 0 heterocycles. The van der Waals surface area contributed by atoms with Crippen molar-refractivity contribution in [1.82, 2.24) is 4.90 Å². The van der Waals surface area contributed by atoms with Crippen molar-refractivity contribution in [3.05, 3.63) is 64.2 Å². The van der Waals surface area contributed by atoms with E-state index in [0.29, 0.717) is 24.0 Å². The zero-order chi connectivity index (χ0) is 20.0. The molecule has 0 unspecified atom stereocenters. The van der Waals surface area contributed by atoms with Gasteiger partial charge in [-0.2, -0.15) is 0 Å². The Bertz CT molecular complexity index is 800. The Morgan fingerprint density at radius 2 is 1.78 bits per heavy atom. The van der Waals surface area contributed by atoms with Crippen LogP contribution < -0.4 is 5.32 Å². The lowest BCUT2D eigenvalue weighted by Crippen LogP contribution is -2.31. The van der Waals surface area contributed by atoms with Crippen LogP contribution >= 0.6 is 11.6 Å². The molecular formula is C22H27ClN2O2. The third kappa shape index (κ3) is 6.10. The normalized spacial score (nSPS) is 10.7. The number of nitrogens with zero attached hydrogens (tertiary/aromatic N) is 1. The van der Waals surface area contributed by atoms with Crippen LogP contribution in [0.25, 0.3) is 0 Å². The molecule has 0 saturated carbocycles. The molecule has 4 nitrogen and oxygen atoms in total. The molecule has 0 aliphatic heterocycles. The van der Waals surface area contributed by atoms with Crippen LogP contribution in [-0.4, -0.2) is 23.3 Å². The van der Waals surface area contributed by atoms with Crippen LogP contribution in [0.5, 0.6) is 0 Å². The Morgan fingerprint density at radius 3 is 2.37 bits per heavy atom. The van der Waals surface area contributed by atoms with Gasteiger partial charge in [-0.25, -0.2) is 0 Å². The van der Waals surface area contributed by atoms with Crippen LogP contribution in [0, 0.1) is 6.92 Å². The molecular weight excluding hydrogens is 360 g/mol. The van der Waals surface area contributed by atoms with Gasteiger partial charge in [-0.05, 0) is 41.7 Å². The molecule has 0 saturated heterocycles. The molecule has 27 heavy (non-hydrogen) atoms. The number of carbonyl (C=O) groups excluding carboxylic acids is 2. The van der Waals surface area contributed by atoms with Gasteiger partial charge in [0, 0.05) is 37.1 Å². The first-order valence-corrected chi connectivity index (χ1v) is 9.55. The highest BCUT2D eigenvalue weighted by atomic mass is 35.5. The van der Waals surface area contributed by atoms with E-state index in [9.17, 15) is 9.59 Å². The summed E-state index contributed by atoms with van der Waals surface area (Å²) < 4.78 is 0. The molecule has 5 heteroatoms. The maximum atomic E-state index is 12.5. The van der Waals surface area contributed by atoms with Gasteiger partial charge in [-0.15, -0.1) is 0 Å². The second-order valence-electron chi connectivity index (χ2n) is 7.06. The Hall–Kier alpha value is -2.33. The van der Waals surface area contributed by atoms with E-state index in [0.717, 1.165) is 22.4 Å². The van der Waals surface area contributed by atoms with Gasteiger partial charge in [0.1, 0.15) is 0 Å². The molecule has 1 N–H and O–H groups in total. The van der Waals surface area contributed by atoms with Gasteiger partial charge in [0.05, 0.1) is 0 Å². The second-order valence-corrected chi connectivity index (χ2v) is 7.50. The Balaban J connectivity index is 2.00. The minimum Gasteiger partial charge on any atom is -0.338 e. The summed E-state index contributed by atoms with van der Waals surface area (Å²) in [7, 11) is 0. The molecule has 0 aromatic heterocycles. The van der Waals surface area contributed by atoms with Crippen molar-refractivity contribution in [2.45, 2.75) is 46.6 Å². The molecule has 0 spiro atoms. The van der Waals surface area contributed by atoms with Gasteiger partial charge in [-0.1, -0.05) is 55.8 Å². The van der Waals surface area contributed by atoms with Crippen molar-refractivity contribution in [2.24, 2.45) is 0 Å². The predicted octanol–water partition coefficient (Wildman–Crippen LogP) is 5.15. The maximum Gasteiger partial charge on any atom is 0.226 e. The van der Waals surface area contributed by atoms with E-state index in [4.69, 9.17) is 11.6 Å². The summed E-state index contributed by atoms with van der Waals surface area (Å²) in [5, 5.41) is 3.69. The number of halogens is 1. The maximum absolute atomic E-state index is 12.5. The molecule has 0 radical (unpaired) electrons. The number of rotatable bonds is 7. The molecule has 0 aliphatic carbocycles. The summed E-state index contributed by atoms with van der Waals surface area (Å²) in [5.74, 6) is 0.170.